The van der Waals surface area contributed by atoms with Gasteiger partial charge in [0.25, 0.3) is 0 Å². The van der Waals surface area contributed by atoms with Gasteiger partial charge in [0, 0.05) is 32.8 Å². The summed E-state index contributed by atoms with van der Waals surface area (Å²) in [5, 5.41) is 11.6. The lowest BCUT2D eigenvalue weighted by Gasteiger charge is -2.33. The number of carbonyl (C=O) groups is 1. The second-order valence-corrected chi connectivity index (χ2v) is 4.88. The predicted molar refractivity (Wildman–Crippen MR) is 62.1 cm³/mol. The van der Waals surface area contributed by atoms with E-state index in [4.69, 9.17) is 9.84 Å². The molecule has 0 bridgehead atoms. The van der Waals surface area contributed by atoms with Gasteiger partial charge in [-0.15, -0.1) is 0 Å². The molecule has 0 unspecified atom stereocenters. The maximum absolute atomic E-state index is 11.5. The van der Waals surface area contributed by atoms with Gasteiger partial charge in [0.1, 0.15) is 0 Å². The molecule has 1 fully saturated rings. The average molecular weight is 229 g/mol. The number of nitrogens with one attached hydrogen (secondary N) is 1. The predicted octanol–water partition coefficient (Wildman–Crippen LogP) is 1.08. The minimum Gasteiger partial charge on any atom is -0.396 e. The number of aliphatic hydroxyl groups excluding tert-OH is 1. The lowest BCUT2D eigenvalue weighted by Crippen LogP contribution is -2.39. The van der Waals surface area contributed by atoms with E-state index in [1.54, 1.807) is 0 Å². The van der Waals surface area contributed by atoms with Crippen molar-refractivity contribution in [1.82, 2.24) is 5.32 Å². The van der Waals surface area contributed by atoms with Gasteiger partial charge in [0.05, 0.1) is 0 Å². The Morgan fingerprint density at radius 2 is 2.06 bits per heavy atom. The summed E-state index contributed by atoms with van der Waals surface area (Å²) in [6, 6.07) is 0. The first-order chi connectivity index (χ1) is 7.66. The summed E-state index contributed by atoms with van der Waals surface area (Å²) in [4.78, 5) is 11.5. The van der Waals surface area contributed by atoms with Crippen LogP contribution >= 0.6 is 0 Å². The van der Waals surface area contributed by atoms with E-state index < -0.39 is 0 Å². The molecule has 0 radical (unpaired) electrons. The van der Waals surface area contributed by atoms with Crippen LogP contribution < -0.4 is 5.32 Å². The fourth-order valence-corrected chi connectivity index (χ4v) is 1.84. The molecule has 1 aliphatic rings. The molecule has 4 nitrogen and oxygen atoms in total. The maximum atomic E-state index is 11.5. The Kier molecular flexibility index (Phi) is 5.77. The van der Waals surface area contributed by atoms with Gasteiger partial charge >= 0.3 is 0 Å². The van der Waals surface area contributed by atoms with Gasteiger partial charge in [-0.1, -0.05) is 6.92 Å². The number of amides is 1. The third-order valence-electron chi connectivity index (χ3n) is 3.22. The molecule has 0 saturated carbocycles. The summed E-state index contributed by atoms with van der Waals surface area (Å²) in [6.07, 6.45) is 4.03. The molecule has 0 aromatic carbocycles. The van der Waals surface area contributed by atoms with Crippen LogP contribution in [0.3, 0.4) is 0 Å². The normalized spacial score (nSPS) is 19.4. The molecule has 94 valence electrons. The van der Waals surface area contributed by atoms with Crippen molar-refractivity contribution >= 4 is 5.91 Å². The van der Waals surface area contributed by atoms with Crippen LogP contribution in [0.1, 0.15) is 39.0 Å². The average Bonchev–Trinajstić information content (AvgIpc) is 2.28. The second-order valence-electron chi connectivity index (χ2n) is 4.88. The van der Waals surface area contributed by atoms with E-state index in [1.807, 2.05) is 0 Å². The molecule has 1 rings (SSSR count). The molecule has 0 aromatic rings. The van der Waals surface area contributed by atoms with Crippen LogP contribution in [0, 0.1) is 5.41 Å². The zero-order valence-corrected chi connectivity index (χ0v) is 10.1. The molecular formula is C12H23NO3. The highest BCUT2D eigenvalue weighted by Gasteiger charge is 2.27. The molecule has 1 amide bonds. The van der Waals surface area contributed by atoms with Crippen LogP contribution in [-0.2, 0) is 9.53 Å². The van der Waals surface area contributed by atoms with E-state index >= 15 is 0 Å². The summed E-state index contributed by atoms with van der Waals surface area (Å²) in [7, 11) is 0. The standard InChI is InChI=1S/C12H23NO3/c1-12(5-8-16-9-6-12)10-13-11(15)4-2-3-7-14/h14H,2-10H2,1H3,(H,13,15). The highest BCUT2D eigenvalue weighted by atomic mass is 16.5. The molecule has 1 aliphatic heterocycles. The molecule has 16 heavy (non-hydrogen) atoms. The van der Waals surface area contributed by atoms with Gasteiger partial charge in [-0.05, 0) is 31.1 Å². The van der Waals surface area contributed by atoms with E-state index in [0.717, 1.165) is 39.0 Å². The SMILES string of the molecule is CC1(CNC(=O)CCCCO)CCOCC1. The first kappa shape index (κ1) is 13.5. The number of aliphatic hydroxyl groups is 1. The van der Waals surface area contributed by atoms with E-state index in [9.17, 15) is 4.79 Å². The van der Waals surface area contributed by atoms with Crippen molar-refractivity contribution in [3.8, 4) is 0 Å². The Hall–Kier alpha value is -0.610. The summed E-state index contributed by atoms with van der Waals surface area (Å²) >= 11 is 0. The van der Waals surface area contributed by atoms with Crippen LogP contribution in [0.5, 0.6) is 0 Å². The molecule has 0 aliphatic carbocycles. The minimum atomic E-state index is 0.0983. The number of unbranched alkanes of at least 4 members (excludes halogenated alkanes) is 1. The van der Waals surface area contributed by atoms with Crippen molar-refractivity contribution < 1.29 is 14.6 Å². The Balaban J connectivity index is 2.14. The molecule has 0 aromatic heterocycles. The van der Waals surface area contributed by atoms with Gasteiger partial charge in [-0.25, -0.2) is 0 Å². The van der Waals surface area contributed by atoms with Crippen LogP contribution in [-0.4, -0.2) is 37.4 Å². The number of hydrogen-bond donors (Lipinski definition) is 2. The Morgan fingerprint density at radius 1 is 1.38 bits per heavy atom. The van der Waals surface area contributed by atoms with Crippen LogP contribution in [0.25, 0.3) is 0 Å². The third-order valence-corrected chi connectivity index (χ3v) is 3.22. The van der Waals surface area contributed by atoms with Gasteiger partial charge in [0.15, 0.2) is 0 Å². The van der Waals surface area contributed by atoms with E-state index in [2.05, 4.69) is 12.2 Å². The van der Waals surface area contributed by atoms with Crippen molar-refractivity contribution in [2.45, 2.75) is 39.0 Å². The van der Waals surface area contributed by atoms with Crippen molar-refractivity contribution in [3.63, 3.8) is 0 Å². The lowest BCUT2D eigenvalue weighted by atomic mass is 9.82. The lowest BCUT2D eigenvalue weighted by molar-refractivity contribution is -0.122. The first-order valence-electron chi connectivity index (χ1n) is 6.12. The molecule has 0 spiro atoms. The Bertz CT molecular complexity index is 212. The van der Waals surface area contributed by atoms with Crippen LogP contribution in [0.15, 0.2) is 0 Å². The van der Waals surface area contributed by atoms with Gasteiger partial charge in [0.2, 0.25) is 5.91 Å². The second kappa shape index (κ2) is 6.86. The van der Waals surface area contributed by atoms with Crippen LogP contribution in [0.2, 0.25) is 0 Å². The van der Waals surface area contributed by atoms with Gasteiger partial charge in [-0.3, -0.25) is 4.79 Å². The largest absolute Gasteiger partial charge is 0.396 e. The maximum Gasteiger partial charge on any atom is 0.220 e. The fourth-order valence-electron chi connectivity index (χ4n) is 1.84. The molecule has 1 heterocycles. The molecule has 4 heteroatoms. The topological polar surface area (TPSA) is 58.6 Å². The fraction of sp³-hybridized carbons (Fsp3) is 0.917. The van der Waals surface area contributed by atoms with E-state index in [-0.39, 0.29) is 17.9 Å². The Labute approximate surface area is 97.4 Å². The highest BCUT2D eigenvalue weighted by Crippen LogP contribution is 2.28. The van der Waals surface area contributed by atoms with Crippen molar-refractivity contribution in [2.24, 2.45) is 5.41 Å². The van der Waals surface area contributed by atoms with Gasteiger partial charge < -0.3 is 15.2 Å². The molecular weight excluding hydrogens is 206 g/mol. The van der Waals surface area contributed by atoms with Gasteiger partial charge in [-0.2, -0.15) is 0 Å². The number of carbonyl (C=O) groups excluding carboxylic acids is 1. The number of rotatable bonds is 6. The summed E-state index contributed by atoms with van der Waals surface area (Å²) < 4.78 is 5.31. The van der Waals surface area contributed by atoms with Crippen molar-refractivity contribution in [3.05, 3.63) is 0 Å². The number of hydrogen-bond acceptors (Lipinski definition) is 3. The van der Waals surface area contributed by atoms with E-state index in [0.29, 0.717) is 12.8 Å². The van der Waals surface area contributed by atoms with Crippen molar-refractivity contribution in [1.29, 1.82) is 0 Å². The summed E-state index contributed by atoms with van der Waals surface area (Å²) in [5.41, 5.74) is 0.199. The minimum absolute atomic E-state index is 0.0983. The first-order valence-corrected chi connectivity index (χ1v) is 6.12. The zero-order chi connectivity index (χ0) is 11.9. The smallest absolute Gasteiger partial charge is 0.220 e. The van der Waals surface area contributed by atoms with Crippen molar-refractivity contribution in [2.75, 3.05) is 26.4 Å². The zero-order valence-electron chi connectivity index (χ0n) is 10.1. The van der Waals surface area contributed by atoms with E-state index in [1.165, 1.54) is 0 Å². The monoisotopic (exact) mass is 229 g/mol. The summed E-state index contributed by atoms with van der Waals surface area (Å²) in [5.74, 6) is 0.0983. The molecule has 1 saturated heterocycles. The highest BCUT2D eigenvalue weighted by molar-refractivity contribution is 5.75. The number of ether oxygens (including phenoxy) is 1. The van der Waals surface area contributed by atoms with Crippen LogP contribution in [0.4, 0.5) is 0 Å². The Morgan fingerprint density at radius 3 is 2.69 bits per heavy atom. The molecule has 0 atom stereocenters. The third kappa shape index (κ3) is 4.94. The quantitative estimate of drug-likeness (QED) is 0.670. The summed E-state index contributed by atoms with van der Waals surface area (Å²) in [6.45, 7) is 4.72. The molecule has 2 N–H and O–H groups in total.